The van der Waals surface area contributed by atoms with Gasteiger partial charge in [-0.15, -0.1) is 0 Å². The number of carbonyl (C=O) groups excluding carboxylic acids is 1. The van der Waals surface area contributed by atoms with E-state index in [1.54, 1.807) is 13.8 Å². The minimum absolute atomic E-state index is 0.187. The zero-order chi connectivity index (χ0) is 13.1. The molecule has 0 aliphatic heterocycles. The first-order valence-corrected chi connectivity index (χ1v) is 6.22. The van der Waals surface area contributed by atoms with Gasteiger partial charge in [0.1, 0.15) is 6.33 Å². The molecule has 18 heavy (non-hydrogen) atoms. The molecule has 4 nitrogen and oxygen atoms in total. The molecule has 2 rings (SSSR count). The number of hydrogen-bond acceptors (Lipinski definition) is 3. The van der Waals surface area contributed by atoms with Crippen LogP contribution >= 0.6 is 15.9 Å². The second kappa shape index (κ2) is 5.27. The Morgan fingerprint density at radius 1 is 1.11 bits per heavy atom. The van der Waals surface area contributed by atoms with Crippen molar-refractivity contribution in [3.63, 3.8) is 0 Å². The van der Waals surface area contributed by atoms with E-state index in [2.05, 4.69) is 31.2 Å². The van der Waals surface area contributed by atoms with Crippen molar-refractivity contribution in [2.24, 2.45) is 0 Å². The molecule has 92 valence electrons. The van der Waals surface area contributed by atoms with E-state index in [4.69, 9.17) is 0 Å². The van der Waals surface area contributed by atoms with Gasteiger partial charge in [-0.2, -0.15) is 0 Å². The Hall–Kier alpha value is -1.75. The summed E-state index contributed by atoms with van der Waals surface area (Å²) in [6, 6.07) is 7.40. The summed E-state index contributed by atoms with van der Waals surface area (Å²) in [4.78, 5) is 20.2. The number of benzene rings is 1. The smallest absolute Gasteiger partial charge is 0.259 e. The van der Waals surface area contributed by atoms with E-state index in [-0.39, 0.29) is 5.91 Å². The molecule has 0 fully saturated rings. The normalized spacial score (nSPS) is 10.2. The molecule has 0 saturated carbocycles. The molecule has 1 N–H and O–H groups in total. The standard InChI is InChI=1S/C13H12BrN3O/c1-8-12(9(2)16-7-15-8)13(18)17-11-5-3-10(14)4-6-11/h3-7H,1-2H3,(H,17,18). The third-order valence-corrected chi connectivity index (χ3v) is 3.08. The van der Waals surface area contributed by atoms with Crippen molar-refractivity contribution < 1.29 is 4.79 Å². The van der Waals surface area contributed by atoms with Crippen molar-refractivity contribution in [1.82, 2.24) is 9.97 Å². The summed E-state index contributed by atoms with van der Waals surface area (Å²) >= 11 is 3.35. The van der Waals surface area contributed by atoms with Crippen molar-refractivity contribution in [1.29, 1.82) is 0 Å². The van der Waals surface area contributed by atoms with Crippen LogP contribution in [0, 0.1) is 13.8 Å². The van der Waals surface area contributed by atoms with Gasteiger partial charge in [0.25, 0.3) is 5.91 Å². The number of aryl methyl sites for hydroxylation is 2. The number of nitrogens with zero attached hydrogens (tertiary/aromatic N) is 2. The van der Waals surface area contributed by atoms with Gasteiger partial charge in [0, 0.05) is 10.2 Å². The fourth-order valence-electron chi connectivity index (χ4n) is 1.65. The molecule has 0 spiro atoms. The molecule has 0 unspecified atom stereocenters. The maximum atomic E-state index is 12.1. The number of rotatable bonds is 2. The van der Waals surface area contributed by atoms with Crippen LogP contribution in [0.5, 0.6) is 0 Å². The van der Waals surface area contributed by atoms with Crippen molar-refractivity contribution in [3.8, 4) is 0 Å². The van der Waals surface area contributed by atoms with Gasteiger partial charge >= 0.3 is 0 Å². The topological polar surface area (TPSA) is 54.9 Å². The van der Waals surface area contributed by atoms with Gasteiger partial charge in [0.2, 0.25) is 0 Å². The Morgan fingerprint density at radius 2 is 1.67 bits per heavy atom. The van der Waals surface area contributed by atoms with Gasteiger partial charge in [-0.3, -0.25) is 4.79 Å². The predicted molar refractivity (Wildman–Crippen MR) is 73.6 cm³/mol. The van der Waals surface area contributed by atoms with Gasteiger partial charge in [-0.25, -0.2) is 9.97 Å². The van der Waals surface area contributed by atoms with E-state index >= 15 is 0 Å². The van der Waals surface area contributed by atoms with Gasteiger partial charge in [-0.05, 0) is 38.1 Å². The summed E-state index contributed by atoms with van der Waals surface area (Å²) in [7, 11) is 0. The minimum atomic E-state index is -0.187. The van der Waals surface area contributed by atoms with Crippen LogP contribution in [0.2, 0.25) is 0 Å². The highest BCUT2D eigenvalue weighted by molar-refractivity contribution is 9.10. The van der Waals surface area contributed by atoms with E-state index in [9.17, 15) is 4.79 Å². The van der Waals surface area contributed by atoms with E-state index in [1.807, 2.05) is 24.3 Å². The molecule has 2 aromatic rings. The summed E-state index contributed by atoms with van der Waals surface area (Å²) in [6.07, 6.45) is 1.46. The molecule has 1 aromatic heterocycles. The monoisotopic (exact) mass is 305 g/mol. The molecule has 0 radical (unpaired) electrons. The molecule has 0 bridgehead atoms. The maximum Gasteiger partial charge on any atom is 0.259 e. The van der Waals surface area contributed by atoms with Crippen LogP contribution in [0.4, 0.5) is 5.69 Å². The van der Waals surface area contributed by atoms with Crippen LogP contribution in [0.1, 0.15) is 21.7 Å². The third kappa shape index (κ3) is 2.73. The molecule has 0 saturated heterocycles. The third-order valence-electron chi connectivity index (χ3n) is 2.56. The highest BCUT2D eigenvalue weighted by atomic mass is 79.9. The number of aromatic nitrogens is 2. The molecule has 5 heteroatoms. The first-order valence-electron chi connectivity index (χ1n) is 5.43. The lowest BCUT2D eigenvalue weighted by Crippen LogP contribution is -2.16. The first kappa shape index (κ1) is 12.7. The van der Waals surface area contributed by atoms with Gasteiger partial charge in [0.05, 0.1) is 17.0 Å². The van der Waals surface area contributed by atoms with Crippen molar-refractivity contribution in [2.45, 2.75) is 13.8 Å². The summed E-state index contributed by atoms with van der Waals surface area (Å²) in [5, 5.41) is 2.83. The van der Waals surface area contributed by atoms with E-state index in [1.165, 1.54) is 6.33 Å². The zero-order valence-corrected chi connectivity index (χ0v) is 11.7. The SMILES string of the molecule is Cc1ncnc(C)c1C(=O)Nc1ccc(Br)cc1. The first-order chi connectivity index (χ1) is 8.58. The number of hydrogen-bond donors (Lipinski definition) is 1. The molecule has 0 aliphatic carbocycles. The van der Waals surface area contributed by atoms with Crippen molar-refractivity contribution >= 4 is 27.5 Å². The number of carbonyl (C=O) groups is 1. The quantitative estimate of drug-likeness (QED) is 0.927. The Morgan fingerprint density at radius 3 is 2.22 bits per heavy atom. The molecule has 1 heterocycles. The summed E-state index contributed by atoms with van der Waals surface area (Å²) in [6.45, 7) is 3.59. The van der Waals surface area contributed by atoms with E-state index in [0.29, 0.717) is 17.0 Å². The highest BCUT2D eigenvalue weighted by Crippen LogP contribution is 2.16. The van der Waals surface area contributed by atoms with Crippen LogP contribution in [-0.4, -0.2) is 15.9 Å². The highest BCUT2D eigenvalue weighted by Gasteiger charge is 2.13. The Labute approximate surface area is 114 Å². The van der Waals surface area contributed by atoms with E-state index < -0.39 is 0 Å². The Bertz CT molecular complexity index is 561. The van der Waals surface area contributed by atoms with Crippen LogP contribution in [0.15, 0.2) is 35.1 Å². The van der Waals surface area contributed by atoms with Gasteiger partial charge in [-0.1, -0.05) is 15.9 Å². The lowest BCUT2D eigenvalue weighted by molar-refractivity contribution is 0.102. The van der Waals surface area contributed by atoms with Crippen molar-refractivity contribution in [3.05, 3.63) is 52.0 Å². The summed E-state index contributed by atoms with van der Waals surface area (Å²) < 4.78 is 0.968. The van der Waals surface area contributed by atoms with Gasteiger partial charge in [0.15, 0.2) is 0 Å². The molecule has 0 atom stereocenters. The molecule has 1 aromatic carbocycles. The second-order valence-corrected chi connectivity index (χ2v) is 4.80. The zero-order valence-electron chi connectivity index (χ0n) is 10.1. The number of amides is 1. The van der Waals surface area contributed by atoms with Crippen LogP contribution in [0.25, 0.3) is 0 Å². The molecular weight excluding hydrogens is 294 g/mol. The minimum Gasteiger partial charge on any atom is -0.322 e. The molecule has 0 aliphatic rings. The summed E-state index contributed by atoms with van der Waals surface area (Å²) in [5.74, 6) is -0.187. The predicted octanol–water partition coefficient (Wildman–Crippen LogP) is 3.11. The fourth-order valence-corrected chi connectivity index (χ4v) is 1.91. The number of halogens is 1. The van der Waals surface area contributed by atoms with Crippen LogP contribution in [-0.2, 0) is 0 Å². The largest absolute Gasteiger partial charge is 0.322 e. The average Bonchev–Trinajstić information content (AvgIpc) is 2.32. The fraction of sp³-hybridized carbons (Fsp3) is 0.154. The van der Waals surface area contributed by atoms with E-state index in [0.717, 1.165) is 10.2 Å². The molecule has 1 amide bonds. The Kier molecular flexibility index (Phi) is 3.72. The Balaban J connectivity index is 2.25. The lowest BCUT2D eigenvalue weighted by atomic mass is 10.1. The number of nitrogens with one attached hydrogen (secondary N) is 1. The van der Waals surface area contributed by atoms with Gasteiger partial charge < -0.3 is 5.32 Å². The van der Waals surface area contributed by atoms with Crippen LogP contribution in [0.3, 0.4) is 0 Å². The van der Waals surface area contributed by atoms with Crippen molar-refractivity contribution in [2.75, 3.05) is 5.32 Å². The maximum absolute atomic E-state index is 12.1. The second-order valence-electron chi connectivity index (χ2n) is 3.88. The number of anilines is 1. The average molecular weight is 306 g/mol. The summed E-state index contributed by atoms with van der Waals surface area (Å²) in [5.41, 5.74) is 2.63. The lowest BCUT2D eigenvalue weighted by Gasteiger charge is -2.08. The molecular formula is C13H12BrN3O. The van der Waals surface area contributed by atoms with Crippen LogP contribution < -0.4 is 5.32 Å².